The summed E-state index contributed by atoms with van der Waals surface area (Å²) in [5.41, 5.74) is 0.825. The minimum Gasteiger partial charge on any atom is -0.395 e. The molecule has 1 unspecified atom stereocenters. The second kappa shape index (κ2) is 7.35. The highest BCUT2D eigenvalue weighted by molar-refractivity contribution is 5.49. The molecular weight excluding hydrogens is 257 g/mol. The molecular formula is C13H19F3N2O. The van der Waals surface area contributed by atoms with Gasteiger partial charge in [0.15, 0.2) is 0 Å². The van der Waals surface area contributed by atoms with Crippen LogP contribution in [0.2, 0.25) is 0 Å². The van der Waals surface area contributed by atoms with Crippen LogP contribution in [0.4, 0.5) is 18.9 Å². The molecule has 0 bridgehead atoms. The quantitative estimate of drug-likeness (QED) is 0.801. The molecule has 0 radical (unpaired) electrons. The number of hydrogen-bond donors (Lipinski definition) is 2. The summed E-state index contributed by atoms with van der Waals surface area (Å²) >= 11 is 0. The Morgan fingerprint density at radius 3 is 2.53 bits per heavy atom. The molecule has 1 rings (SSSR count). The summed E-state index contributed by atoms with van der Waals surface area (Å²) in [7, 11) is 1.76. The van der Waals surface area contributed by atoms with Crippen LogP contribution in [0, 0.1) is 5.82 Å². The van der Waals surface area contributed by atoms with Gasteiger partial charge in [0, 0.05) is 12.6 Å². The third-order valence-corrected chi connectivity index (χ3v) is 2.97. The van der Waals surface area contributed by atoms with E-state index in [1.54, 1.807) is 13.1 Å². The third kappa shape index (κ3) is 4.40. The molecule has 0 heterocycles. The number of benzene rings is 1. The van der Waals surface area contributed by atoms with E-state index in [0.717, 1.165) is 10.5 Å². The molecule has 1 atom stereocenters. The highest BCUT2D eigenvalue weighted by atomic mass is 19.3. The van der Waals surface area contributed by atoms with Crippen LogP contribution < -0.4 is 10.2 Å². The molecule has 0 aliphatic heterocycles. The lowest BCUT2D eigenvalue weighted by atomic mass is 10.1. The smallest absolute Gasteiger partial charge is 0.255 e. The normalized spacial score (nSPS) is 12.8. The van der Waals surface area contributed by atoms with Gasteiger partial charge in [-0.15, -0.1) is 0 Å². The van der Waals surface area contributed by atoms with E-state index in [1.165, 1.54) is 12.1 Å². The molecule has 0 fully saturated rings. The molecule has 0 saturated carbocycles. The fourth-order valence-electron chi connectivity index (χ4n) is 1.81. The maximum absolute atomic E-state index is 14.0. The van der Waals surface area contributed by atoms with Crippen LogP contribution >= 0.6 is 0 Å². The highest BCUT2D eigenvalue weighted by Gasteiger charge is 2.17. The zero-order valence-electron chi connectivity index (χ0n) is 11.0. The van der Waals surface area contributed by atoms with Crippen molar-refractivity contribution < 1.29 is 18.3 Å². The van der Waals surface area contributed by atoms with Gasteiger partial charge >= 0.3 is 0 Å². The number of nitrogens with zero attached hydrogens (tertiary/aromatic N) is 1. The Hall–Kier alpha value is -1.27. The number of rotatable bonds is 7. The number of hydrogen-bond acceptors (Lipinski definition) is 3. The summed E-state index contributed by atoms with van der Waals surface area (Å²) in [5, 5.41) is 11.8. The summed E-state index contributed by atoms with van der Waals surface area (Å²) in [4.78, 5) is 1.15. The summed E-state index contributed by atoms with van der Waals surface area (Å²) in [6.07, 6.45) is -2.58. The first-order chi connectivity index (χ1) is 8.99. The minimum absolute atomic E-state index is 0.0232. The zero-order valence-corrected chi connectivity index (χ0v) is 11.0. The molecule has 0 aliphatic rings. The zero-order chi connectivity index (χ0) is 14.4. The average Bonchev–Trinajstić information content (AvgIpc) is 2.36. The van der Waals surface area contributed by atoms with Crippen LogP contribution in [0.3, 0.4) is 0 Å². The Morgan fingerprint density at radius 1 is 1.37 bits per heavy atom. The number of alkyl halides is 2. The average molecular weight is 276 g/mol. The Morgan fingerprint density at radius 2 is 2.05 bits per heavy atom. The molecule has 1 aromatic rings. The van der Waals surface area contributed by atoms with Gasteiger partial charge in [0.1, 0.15) is 5.82 Å². The predicted molar refractivity (Wildman–Crippen MR) is 69.2 cm³/mol. The number of anilines is 1. The molecule has 0 aliphatic carbocycles. The van der Waals surface area contributed by atoms with E-state index >= 15 is 0 Å². The molecule has 1 aromatic carbocycles. The Kier molecular flexibility index (Phi) is 6.11. The monoisotopic (exact) mass is 276 g/mol. The van der Waals surface area contributed by atoms with Crippen molar-refractivity contribution in [3.8, 4) is 0 Å². The topological polar surface area (TPSA) is 35.5 Å². The van der Waals surface area contributed by atoms with Gasteiger partial charge in [-0.2, -0.15) is 0 Å². The predicted octanol–water partition coefficient (Wildman–Crippen LogP) is 2.17. The fraction of sp³-hybridized carbons (Fsp3) is 0.538. The lowest BCUT2D eigenvalue weighted by Gasteiger charge is -2.24. The first kappa shape index (κ1) is 15.8. The van der Waals surface area contributed by atoms with Gasteiger partial charge < -0.3 is 15.3 Å². The van der Waals surface area contributed by atoms with Gasteiger partial charge in [-0.05, 0) is 31.7 Å². The van der Waals surface area contributed by atoms with E-state index in [4.69, 9.17) is 5.11 Å². The largest absolute Gasteiger partial charge is 0.395 e. The van der Waals surface area contributed by atoms with Crippen LogP contribution in [0.5, 0.6) is 0 Å². The van der Waals surface area contributed by atoms with E-state index in [9.17, 15) is 13.2 Å². The molecule has 6 heteroatoms. The maximum atomic E-state index is 14.0. The summed E-state index contributed by atoms with van der Waals surface area (Å²) in [6, 6.07) is 4.46. The third-order valence-electron chi connectivity index (χ3n) is 2.97. The van der Waals surface area contributed by atoms with Gasteiger partial charge in [-0.25, -0.2) is 13.2 Å². The van der Waals surface area contributed by atoms with Crippen molar-refractivity contribution in [1.29, 1.82) is 0 Å². The van der Waals surface area contributed by atoms with Crippen molar-refractivity contribution in [2.24, 2.45) is 0 Å². The van der Waals surface area contributed by atoms with E-state index < -0.39 is 18.8 Å². The first-order valence-corrected chi connectivity index (χ1v) is 6.10. The number of halogens is 3. The van der Waals surface area contributed by atoms with Gasteiger partial charge in [-0.1, -0.05) is 6.07 Å². The van der Waals surface area contributed by atoms with Gasteiger partial charge in [0.05, 0.1) is 18.8 Å². The molecule has 2 N–H and O–H groups in total. The van der Waals surface area contributed by atoms with Crippen molar-refractivity contribution in [3.05, 3.63) is 29.6 Å². The summed E-state index contributed by atoms with van der Waals surface area (Å²) in [6.45, 7) is 0.945. The molecule has 0 spiro atoms. The SMILES string of the molecule is CNC(C)c1ccc(N(CCO)CC(F)F)c(F)c1. The van der Waals surface area contributed by atoms with Crippen LogP contribution in [-0.2, 0) is 0 Å². The Balaban J connectivity index is 2.97. The van der Waals surface area contributed by atoms with Crippen LogP contribution in [0.15, 0.2) is 18.2 Å². The number of aliphatic hydroxyl groups is 1. The number of aliphatic hydroxyl groups excluding tert-OH is 1. The summed E-state index contributed by atoms with van der Waals surface area (Å²) < 4.78 is 38.8. The van der Waals surface area contributed by atoms with Crippen molar-refractivity contribution in [3.63, 3.8) is 0 Å². The fourth-order valence-corrected chi connectivity index (χ4v) is 1.81. The molecule has 0 aromatic heterocycles. The van der Waals surface area contributed by atoms with E-state index in [2.05, 4.69) is 5.32 Å². The van der Waals surface area contributed by atoms with Crippen molar-refractivity contribution in [2.75, 3.05) is 31.6 Å². The molecule has 19 heavy (non-hydrogen) atoms. The highest BCUT2D eigenvalue weighted by Crippen LogP contribution is 2.24. The van der Waals surface area contributed by atoms with Crippen molar-refractivity contribution >= 4 is 5.69 Å². The molecule has 3 nitrogen and oxygen atoms in total. The lowest BCUT2D eigenvalue weighted by molar-refractivity contribution is 0.152. The van der Waals surface area contributed by atoms with E-state index in [-0.39, 0.29) is 24.9 Å². The van der Waals surface area contributed by atoms with Gasteiger partial charge in [-0.3, -0.25) is 0 Å². The van der Waals surface area contributed by atoms with E-state index in [1.807, 2.05) is 6.92 Å². The second-order valence-electron chi connectivity index (χ2n) is 4.28. The van der Waals surface area contributed by atoms with Crippen molar-refractivity contribution in [2.45, 2.75) is 19.4 Å². The van der Waals surface area contributed by atoms with Gasteiger partial charge in [0.25, 0.3) is 6.43 Å². The Labute approximate surface area is 111 Å². The number of nitrogens with one attached hydrogen (secondary N) is 1. The van der Waals surface area contributed by atoms with Crippen LogP contribution in [-0.4, -0.2) is 38.3 Å². The summed E-state index contributed by atoms with van der Waals surface area (Å²) in [5.74, 6) is -0.561. The van der Waals surface area contributed by atoms with E-state index in [0.29, 0.717) is 0 Å². The standard InChI is InChI=1S/C13H19F3N2O/c1-9(17-2)10-3-4-12(11(14)7-10)18(5-6-19)8-13(15)16/h3-4,7,9,13,17,19H,5-6,8H2,1-2H3. The minimum atomic E-state index is -2.58. The van der Waals surface area contributed by atoms with Crippen LogP contribution in [0.25, 0.3) is 0 Å². The molecule has 108 valence electrons. The van der Waals surface area contributed by atoms with Crippen LogP contribution in [0.1, 0.15) is 18.5 Å². The molecule has 0 saturated heterocycles. The maximum Gasteiger partial charge on any atom is 0.255 e. The molecule has 0 amide bonds. The first-order valence-electron chi connectivity index (χ1n) is 6.10. The lowest BCUT2D eigenvalue weighted by Crippen LogP contribution is -2.32. The van der Waals surface area contributed by atoms with Crippen molar-refractivity contribution in [1.82, 2.24) is 5.32 Å². The second-order valence-corrected chi connectivity index (χ2v) is 4.28. The van der Waals surface area contributed by atoms with Gasteiger partial charge in [0.2, 0.25) is 0 Å². The Bertz CT molecular complexity index is 401.